The number of furan rings is 1. The minimum Gasteiger partial charge on any atom is -0.464 e. The lowest BCUT2D eigenvalue weighted by Gasteiger charge is -2.18. The summed E-state index contributed by atoms with van der Waals surface area (Å²) >= 11 is 0. The molecule has 0 fully saturated rings. The van der Waals surface area contributed by atoms with Gasteiger partial charge in [0.15, 0.2) is 0 Å². The minimum absolute atomic E-state index is 0.176. The van der Waals surface area contributed by atoms with Crippen LogP contribution in [0.1, 0.15) is 12.5 Å². The van der Waals surface area contributed by atoms with E-state index in [1.807, 2.05) is 0 Å². The summed E-state index contributed by atoms with van der Waals surface area (Å²) in [5.41, 5.74) is 1.52. The number of nitrogens with zero attached hydrogens (tertiary/aromatic N) is 3. The van der Waals surface area contributed by atoms with E-state index in [0.29, 0.717) is 29.3 Å². The second-order valence-corrected chi connectivity index (χ2v) is 10.4. The molecule has 0 spiro atoms. The van der Waals surface area contributed by atoms with E-state index in [1.54, 1.807) is 31.5 Å². The molecule has 4 aromatic rings. The Kier molecular flexibility index (Phi) is 6.66. The van der Waals surface area contributed by atoms with Crippen molar-refractivity contribution < 1.29 is 22.5 Å². The van der Waals surface area contributed by atoms with E-state index in [1.165, 1.54) is 30.5 Å². The summed E-state index contributed by atoms with van der Waals surface area (Å²) in [4.78, 5) is 20.0. The van der Waals surface area contributed by atoms with Gasteiger partial charge in [0, 0.05) is 29.6 Å². The third-order valence-electron chi connectivity index (χ3n) is 4.91. The number of thiol groups is 1. The summed E-state index contributed by atoms with van der Waals surface area (Å²) in [6.07, 6.45) is 5.49. The highest BCUT2D eigenvalue weighted by Gasteiger charge is 2.16. The fourth-order valence-corrected chi connectivity index (χ4v) is 4.91. The fraction of sp³-hybridized carbons (Fsp3) is 0.174. The largest absolute Gasteiger partial charge is 0.464 e. The molecule has 3 N–H and O–H groups in total. The molecule has 0 aliphatic rings. The number of rotatable bonds is 6. The van der Waals surface area contributed by atoms with Crippen LogP contribution in [0.3, 0.4) is 0 Å². The predicted molar refractivity (Wildman–Crippen MR) is 129 cm³/mol. The standard InChI is InChI=1S/C23H23F2N5O3S/c1-3-26-23(31)30-34(2,32)13-14-6-8-27-20(10-14)29-21-11-17(19(25)12-28-21)15-4-5-18(24)16-7-9-33-22(15)16/h4-12,34H,3,13H2,1-2H3,(H,27,28,29)(H2,26,30,31,32). The van der Waals surface area contributed by atoms with Crippen molar-refractivity contribution in [3.63, 3.8) is 0 Å². The molecule has 8 nitrogen and oxygen atoms in total. The highest BCUT2D eigenvalue weighted by molar-refractivity contribution is 7.98. The number of carbonyl (C=O) groups is 1. The first kappa shape index (κ1) is 23.5. The van der Waals surface area contributed by atoms with Gasteiger partial charge in [-0.2, -0.15) is 4.36 Å². The van der Waals surface area contributed by atoms with E-state index in [0.717, 1.165) is 6.20 Å². The summed E-state index contributed by atoms with van der Waals surface area (Å²) < 4.78 is 48.5. The van der Waals surface area contributed by atoms with Crippen molar-refractivity contribution in [1.29, 1.82) is 0 Å². The number of halogens is 2. The van der Waals surface area contributed by atoms with Crippen molar-refractivity contribution in [2.24, 2.45) is 4.36 Å². The fourth-order valence-electron chi connectivity index (χ4n) is 3.49. The van der Waals surface area contributed by atoms with Crippen LogP contribution in [-0.2, 0) is 15.9 Å². The number of hydrogen-bond acceptors (Lipinski definition) is 5. The van der Waals surface area contributed by atoms with Crippen LogP contribution in [0.2, 0.25) is 0 Å². The maximum atomic E-state index is 14.6. The zero-order chi connectivity index (χ0) is 24.3. The Hall–Kier alpha value is -3.70. The van der Waals surface area contributed by atoms with E-state index < -0.39 is 27.8 Å². The van der Waals surface area contributed by atoms with Crippen LogP contribution >= 0.6 is 0 Å². The molecule has 0 saturated heterocycles. The van der Waals surface area contributed by atoms with Gasteiger partial charge in [-0.05, 0) is 55.1 Å². The number of benzene rings is 1. The van der Waals surface area contributed by atoms with Gasteiger partial charge in [-0.15, -0.1) is 0 Å². The second kappa shape index (κ2) is 9.65. The Morgan fingerprint density at radius 3 is 2.71 bits per heavy atom. The highest BCUT2D eigenvalue weighted by Crippen LogP contribution is 2.33. The molecule has 0 radical (unpaired) electrons. The normalized spacial score (nSPS) is 11.9. The third kappa shape index (κ3) is 5.26. The van der Waals surface area contributed by atoms with Crippen LogP contribution < -0.4 is 10.6 Å². The Morgan fingerprint density at radius 1 is 1.12 bits per heavy atom. The van der Waals surface area contributed by atoms with E-state index in [2.05, 4.69) is 25.0 Å². The van der Waals surface area contributed by atoms with Crippen molar-refractivity contribution in [3.05, 3.63) is 72.3 Å². The second-order valence-electron chi connectivity index (χ2n) is 7.66. The van der Waals surface area contributed by atoms with Crippen molar-refractivity contribution in [2.75, 3.05) is 18.1 Å². The van der Waals surface area contributed by atoms with Crippen LogP contribution in [0.5, 0.6) is 0 Å². The molecule has 3 aromatic heterocycles. The molecule has 11 heteroatoms. The van der Waals surface area contributed by atoms with Gasteiger partial charge >= 0.3 is 6.03 Å². The lowest BCUT2D eigenvalue weighted by molar-refractivity contribution is 0.250. The van der Waals surface area contributed by atoms with E-state index in [4.69, 9.17) is 4.42 Å². The molecule has 34 heavy (non-hydrogen) atoms. The first-order chi connectivity index (χ1) is 16.3. The predicted octanol–water partition coefficient (Wildman–Crippen LogP) is 5.31. The molecule has 0 unspecified atom stereocenters. The quantitative estimate of drug-likeness (QED) is 0.274. The number of aromatic nitrogens is 2. The van der Waals surface area contributed by atoms with Gasteiger partial charge in [0.25, 0.3) is 0 Å². The topological polar surface area (TPSA) is 113 Å². The first-order valence-electron chi connectivity index (χ1n) is 10.4. The summed E-state index contributed by atoms with van der Waals surface area (Å²) in [6, 6.07) is 8.52. The SMILES string of the molecule is CCNC(=O)N=[SH](C)(O)Cc1ccnc(Nc2cc(-c3ccc(F)c4ccoc34)c(F)cn2)c1. The Morgan fingerprint density at radius 2 is 1.91 bits per heavy atom. The van der Waals surface area contributed by atoms with Crippen LogP contribution in [0.25, 0.3) is 22.1 Å². The molecule has 1 aromatic carbocycles. The molecule has 0 atom stereocenters. The smallest absolute Gasteiger partial charge is 0.347 e. The third-order valence-corrected chi connectivity index (χ3v) is 6.48. The Labute approximate surface area is 195 Å². The number of carbonyl (C=O) groups excluding carboxylic acids is 1. The zero-order valence-electron chi connectivity index (χ0n) is 18.4. The van der Waals surface area contributed by atoms with Crippen molar-refractivity contribution in [1.82, 2.24) is 15.3 Å². The first-order valence-corrected chi connectivity index (χ1v) is 12.7. The molecule has 2 amide bonds. The number of hydrogen-bond donors (Lipinski definition) is 4. The maximum Gasteiger partial charge on any atom is 0.347 e. The molecule has 0 bridgehead atoms. The van der Waals surface area contributed by atoms with E-state index >= 15 is 0 Å². The molecule has 3 heterocycles. The van der Waals surface area contributed by atoms with Crippen LogP contribution in [0, 0.1) is 11.6 Å². The minimum atomic E-state index is -2.88. The number of anilines is 2. The lowest BCUT2D eigenvalue weighted by atomic mass is 10.0. The summed E-state index contributed by atoms with van der Waals surface area (Å²) in [5, 5.41) is 5.80. The number of amides is 2. The number of urea groups is 1. The molecule has 0 aliphatic carbocycles. The van der Waals surface area contributed by atoms with Crippen LogP contribution in [0.15, 0.2) is 63.8 Å². The van der Waals surface area contributed by atoms with Crippen LogP contribution in [0.4, 0.5) is 25.2 Å². The number of nitrogens with one attached hydrogen (secondary N) is 2. The zero-order valence-corrected chi connectivity index (χ0v) is 19.3. The maximum absolute atomic E-state index is 14.6. The lowest BCUT2D eigenvalue weighted by Crippen LogP contribution is -2.23. The molecule has 178 valence electrons. The van der Waals surface area contributed by atoms with Crippen molar-refractivity contribution in [2.45, 2.75) is 12.7 Å². The van der Waals surface area contributed by atoms with Gasteiger partial charge in [0.05, 0.1) is 17.8 Å². The summed E-state index contributed by atoms with van der Waals surface area (Å²) in [6.45, 7) is 2.19. The molecule has 0 aliphatic heterocycles. The van der Waals surface area contributed by atoms with Crippen molar-refractivity contribution in [3.8, 4) is 11.1 Å². The molecular weight excluding hydrogens is 464 g/mol. The molecule has 4 rings (SSSR count). The van der Waals surface area contributed by atoms with Gasteiger partial charge in [-0.25, -0.2) is 23.5 Å². The number of pyridine rings is 2. The van der Waals surface area contributed by atoms with E-state index in [-0.39, 0.29) is 22.3 Å². The van der Waals surface area contributed by atoms with Gasteiger partial charge in [-0.1, -0.05) is 10.1 Å². The average molecular weight is 488 g/mol. The monoisotopic (exact) mass is 487 g/mol. The van der Waals surface area contributed by atoms with Crippen LogP contribution in [-0.4, -0.2) is 33.4 Å². The van der Waals surface area contributed by atoms with Gasteiger partial charge in [0.1, 0.15) is 28.9 Å². The van der Waals surface area contributed by atoms with Crippen molar-refractivity contribution >= 4 is 38.7 Å². The van der Waals surface area contributed by atoms with Gasteiger partial charge in [0.2, 0.25) is 0 Å². The number of fused-ring (bicyclic) bond motifs is 1. The average Bonchev–Trinajstić information content (AvgIpc) is 3.26. The Balaban J connectivity index is 1.60. The molecular formula is C23H23F2N5O3S. The molecule has 0 saturated carbocycles. The summed E-state index contributed by atoms with van der Waals surface area (Å²) in [5.74, 6) is -0.167. The van der Waals surface area contributed by atoms with E-state index in [9.17, 15) is 18.1 Å². The Bertz CT molecular complexity index is 1420. The highest BCUT2D eigenvalue weighted by atomic mass is 32.3. The van der Waals surface area contributed by atoms with Gasteiger partial charge < -0.3 is 19.6 Å². The summed E-state index contributed by atoms with van der Waals surface area (Å²) in [7, 11) is -2.88. The van der Waals surface area contributed by atoms with Gasteiger partial charge in [-0.3, -0.25) is 0 Å².